The van der Waals surface area contributed by atoms with Crippen molar-refractivity contribution in [2.75, 3.05) is 13.2 Å². The molecule has 38 heavy (non-hydrogen) atoms. The van der Waals surface area contributed by atoms with Gasteiger partial charge in [0.15, 0.2) is 9.79 Å². The fraction of sp³-hybridized carbons (Fsp3) is 0.400. The highest BCUT2D eigenvalue weighted by Gasteiger charge is 2.72. The van der Waals surface area contributed by atoms with Crippen LogP contribution in [0.4, 0.5) is 52.7 Å². The van der Waals surface area contributed by atoms with Gasteiger partial charge in [-0.15, -0.1) is 0 Å². The van der Waals surface area contributed by atoms with Gasteiger partial charge in [-0.1, -0.05) is 0 Å². The minimum atomic E-state index is -6.11. The van der Waals surface area contributed by atoms with Crippen LogP contribution in [0.2, 0.25) is 0 Å². The van der Waals surface area contributed by atoms with Gasteiger partial charge in [0.05, 0.1) is 0 Å². The summed E-state index contributed by atoms with van der Waals surface area (Å²) in [4.78, 5) is -0.173. The molecule has 2 N–H and O–H groups in total. The first kappa shape index (κ1) is 31.6. The molecule has 0 aromatic heterocycles. The van der Waals surface area contributed by atoms with Gasteiger partial charge in [0.2, 0.25) is 0 Å². The predicted molar refractivity (Wildman–Crippen MR) is 103 cm³/mol. The number of rotatable bonds is 8. The smallest absolute Gasteiger partial charge is 0.429 e. The van der Waals surface area contributed by atoms with Crippen LogP contribution in [-0.2, 0) is 11.2 Å². The van der Waals surface area contributed by atoms with Crippen molar-refractivity contribution >= 4 is 11.2 Å². The van der Waals surface area contributed by atoms with Crippen LogP contribution in [0, 0.1) is 0 Å². The third kappa shape index (κ3) is 6.52. The summed E-state index contributed by atoms with van der Waals surface area (Å²) in [5.74, 6) is -1.13. The zero-order chi connectivity index (χ0) is 29.4. The topological polar surface area (TPSA) is 82.0 Å². The molecule has 0 unspecified atom stereocenters. The van der Waals surface area contributed by atoms with E-state index in [4.69, 9.17) is 10.2 Å². The first-order chi connectivity index (χ1) is 17.0. The molecule has 0 spiro atoms. The number of halogens is 12. The van der Waals surface area contributed by atoms with Gasteiger partial charge in [0, 0.05) is 11.2 Å². The van der Waals surface area contributed by atoms with Crippen LogP contribution in [0.25, 0.3) is 0 Å². The van der Waals surface area contributed by atoms with E-state index >= 15 is 0 Å². The Kier molecular flexibility index (Phi) is 8.78. The summed E-state index contributed by atoms with van der Waals surface area (Å²) in [5.41, 5.74) is -10.3. The predicted octanol–water partition coefficient (Wildman–Crippen LogP) is 5.32. The maximum Gasteiger partial charge on any atom is 0.429 e. The second-order valence-corrected chi connectivity index (χ2v) is 8.98. The summed E-state index contributed by atoms with van der Waals surface area (Å²) < 4.78 is 174. The molecular formula is C20H14F12O5S. The fourth-order valence-corrected chi connectivity index (χ4v) is 3.52. The highest BCUT2D eigenvalue weighted by atomic mass is 32.2. The van der Waals surface area contributed by atoms with Gasteiger partial charge in [0.25, 0.3) is 11.2 Å². The molecule has 0 bridgehead atoms. The molecule has 0 aliphatic rings. The van der Waals surface area contributed by atoms with Crippen molar-refractivity contribution in [3.63, 3.8) is 0 Å². The Morgan fingerprint density at radius 3 is 0.974 bits per heavy atom. The number of benzene rings is 2. The second-order valence-electron chi connectivity index (χ2n) is 7.50. The van der Waals surface area contributed by atoms with Crippen LogP contribution in [0.5, 0.6) is 11.5 Å². The van der Waals surface area contributed by atoms with Crippen LogP contribution in [0.1, 0.15) is 0 Å². The normalized spacial score (nSPS) is 14.1. The Morgan fingerprint density at radius 1 is 0.526 bits per heavy atom. The number of aliphatic hydroxyl groups is 2. The van der Waals surface area contributed by atoms with E-state index in [2.05, 4.69) is 9.47 Å². The molecule has 2 aromatic carbocycles. The molecule has 0 saturated heterocycles. The highest BCUT2D eigenvalue weighted by molar-refractivity contribution is 7.91. The lowest BCUT2D eigenvalue weighted by Gasteiger charge is -2.31. The molecule has 18 heteroatoms. The lowest BCUT2D eigenvalue weighted by Crippen LogP contribution is -2.60. The van der Waals surface area contributed by atoms with E-state index in [0.29, 0.717) is 0 Å². The first-order valence-electron chi connectivity index (χ1n) is 9.63. The molecule has 0 aliphatic carbocycles. The van der Waals surface area contributed by atoms with E-state index in [1.54, 1.807) is 0 Å². The van der Waals surface area contributed by atoms with Crippen molar-refractivity contribution < 1.29 is 76.9 Å². The van der Waals surface area contributed by atoms with Crippen molar-refractivity contribution in [1.82, 2.24) is 0 Å². The Morgan fingerprint density at radius 2 is 0.763 bits per heavy atom. The van der Waals surface area contributed by atoms with Gasteiger partial charge >= 0.3 is 24.7 Å². The van der Waals surface area contributed by atoms with Gasteiger partial charge in [0.1, 0.15) is 24.7 Å². The van der Waals surface area contributed by atoms with Gasteiger partial charge in [-0.2, -0.15) is 52.7 Å². The van der Waals surface area contributed by atoms with Crippen LogP contribution in [0.3, 0.4) is 0 Å². The van der Waals surface area contributed by atoms with E-state index in [0.717, 1.165) is 48.5 Å². The Labute approximate surface area is 207 Å². The summed E-state index contributed by atoms with van der Waals surface area (Å²) in [5, 5.41) is 18.1. The molecule has 0 saturated carbocycles. The van der Waals surface area contributed by atoms with E-state index in [1.165, 1.54) is 0 Å². The van der Waals surface area contributed by atoms with E-state index in [-0.39, 0.29) is 9.79 Å². The number of alkyl halides is 12. The Bertz CT molecular complexity index is 949. The average molecular weight is 594 g/mol. The van der Waals surface area contributed by atoms with Gasteiger partial charge in [-0.05, 0) is 48.5 Å². The summed E-state index contributed by atoms with van der Waals surface area (Å²) in [6.07, 6.45) is -24.4. The maximum absolute atomic E-state index is 12.7. The lowest BCUT2D eigenvalue weighted by molar-refractivity contribution is -0.374. The maximum atomic E-state index is 12.7. The second kappa shape index (κ2) is 10.5. The largest absolute Gasteiger partial charge is 0.606 e. The minimum Gasteiger partial charge on any atom is -0.606 e. The molecule has 0 amide bonds. The molecule has 5 nitrogen and oxygen atoms in total. The van der Waals surface area contributed by atoms with Gasteiger partial charge in [-0.3, -0.25) is 0 Å². The standard InChI is InChI=1S/C20H14F12O5S/c21-17(22,23)15(33,18(24,25)26)9-36-11-1-5-13(6-2-11)38(35)14-7-3-12(4-8-14)37-10-16(34,19(27,28)29)20(30,31)32/h1-8,33-34H,9-10H2. The summed E-state index contributed by atoms with van der Waals surface area (Å²) in [7, 11) is 0. The lowest BCUT2D eigenvalue weighted by atomic mass is 10.0. The van der Waals surface area contributed by atoms with E-state index in [9.17, 15) is 57.2 Å². The monoisotopic (exact) mass is 594 g/mol. The SMILES string of the molecule is [O-][S+](c1ccc(OCC(O)(C(F)(F)F)C(F)(F)F)cc1)c1ccc(OCC(O)(C(F)(F)F)C(F)(F)F)cc1. The third-order valence-corrected chi connectivity index (χ3v) is 6.25. The zero-order valence-corrected chi connectivity index (χ0v) is 18.9. The zero-order valence-electron chi connectivity index (χ0n) is 18.1. The molecule has 0 fully saturated rings. The quantitative estimate of drug-likeness (QED) is 0.320. The van der Waals surface area contributed by atoms with Crippen LogP contribution >= 0.6 is 0 Å². The number of ether oxygens (including phenoxy) is 2. The van der Waals surface area contributed by atoms with Crippen LogP contribution in [-0.4, -0.2) is 63.9 Å². The van der Waals surface area contributed by atoms with Gasteiger partial charge in [-0.25, -0.2) is 0 Å². The fourth-order valence-electron chi connectivity index (χ4n) is 2.48. The summed E-state index contributed by atoms with van der Waals surface area (Å²) in [6, 6.07) is 7.26. The van der Waals surface area contributed by atoms with Crippen molar-refractivity contribution in [2.45, 2.75) is 45.7 Å². The molecule has 0 atom stereocenters. The van der Waals surface area contributed by atoms with Crippen LogP contribution < -0.4 is 9.47 Å². The number of hydrogen-bond acceptors (Lipinski definition) is 5. The van der Waals surface area contributed by atoms with Crippen LogP contribution in [0.15, 0.2) is 58.3 Å². The summed E-state index contributed by atoms with van der Waals surface area (Å²) >= 11 is -2.09. The Balaban J connectivity index is 2.09. The molecule has 2 rings (SSSR count). The molecule has 0 heterocycles. The van der Waals surface area contributed by atoms with E-state index in [1.807, 2.05) is 0 Å². The molecule has 0 aliphatic heterocycles. The van der Waals surface area contributed by atoms with E-state index < -0.39 is 71.8 Å². The third-order valence-electron chi connectivity index (χ3n) is 4.85. The van der Waals surface area contributed by atoms with Gasteiger partial charge < -0.3 is 24.2 Å². The molecular weight excluding hydrogens is 580 g/mol. The molecule has 2 aromatic rings. The minimum absolute atomic E-state index is 0.0866. The van der Waals surface area contributed by atoms with Crippen molar-refractivity contribution in [3.05, 3.63) is 48.5 Å². The van der Waals surface area contributed by atoms with Crippen molar-refractivity contribution in [2.24, 2.45) is 0 Å². The Hall–Kier alpha value is -2.57. The van der Waals surface area contributed by atoms with Crippen molar-refractivity contribution in [3.8, 4) is 11.5 Å². The average Bonchev–Trinajstić information content (AvgIpc) is 2.78. The van der Waals surface area contributed by atoms with Crippen molar-refractivity contribution in [1.29, 1.82) is 0 Å². The first-order valence-corrected chi connectivity index (χ1v) is 10.8. The highest BCUT2D eigenvalue weighted by Crippen LogP contribution is 2.44. The molecule has 0 radical (unpaired) electrons. The number of hydrogen-bond donors (Lipinski definition) is 2. The molecule has 214 valence electrons. The summed E-state index contributed by atoms with van der Waals surface area (Å²) in [6.45, 7) is -4.47.